The van der Waals surface area contributed by atoms with Gasteiger partial charge in [0.25, 0.3) is 5.91 Å². The third-order valence-corrected chi connectivity index (χ3v) is 4.74. The first-order valence-corrected chi connectivity index (χ1v) is 8.00. The summed E-state index contributed by atoms with van der Waals surface area (Å²) >= 11 is 3.24. The number of amides is 1. The van der Waals surface area contributed by atoms with E-state index in [1.165, 1.54) is 0 Å². The minimum Gasteiger partial charge on any atom is -0.486 e. The molecule has 0 unspecified atom stereocenters. The van der Waals surface area contributed by atoms with E-state index in [9.17, 15) is 4.79 Å². The average Bonchev–Trinajstić information content (AvgIpc) is 3.16. The molecule has 0 atom stereocenters. The maximum absolute atomic E-state index is 11.3. The van der Waals surface area contributed by atoms with E-state index in [4.69, 9.17) is 10.5 Å². The number of benzene rings is 1. The fraction of sp³-hybridized carbons (Fsp3) is 0.0667. The lowest BCUT2D eigenvalue weighted by atomic mass is 10.2. The summed E-state index contributed by atoms with van der Waals surface area (Å²) in [4.78, 5) is 17.0. The van der Waals surface area contributed by atoms with Crippen LogP contribution in [-0.4, -0.2) is 10.9 Å². The number of para-hydroxylation sites is 1. The van der Waals surface area contributed by atoms with Crippen molar-refractivity contribution in [2.45, 2.75) is 6.61 Å². The normalized spacial score (nSPS) is 10.5. The second kappa shape index (κ2) is 6.07. The molecule has 106 valence electrons. The number of thiazole rings is 1. The maximum atomic E-state index is 11.3. The second-order valence-corrected chi connectivity index (χ2v) is 6.08. The van der Waals surface area contributed by atoms with E-state index in [1.807, 2.05) is 22.9 Å². The summed E-state index contributed by atoms with van der Waals surface area (Å²) in [6, 6.07) is 11.0. The van der Waals surface area contributed by atoms with Crippen LogP contribution in [0.2, 0.25) is 0 Å². The maximum Gasteiger partial charge on any atom is 0.252 e. The predicted octanol–water partition coefficient (Wildman–Crippen LogP) is 3.55. The van der Waals surface area contributed by atoms with Gasteiger partial charge in [-0.15, -0.1) is 22.7 Å². The van der Waals surface area contributed by atoms with Crippen molar-refractivity contribution in [1.29, 1.82) is 0 Å². The van der Waals surface area contributed by atoms with Gasteiger partial charge in [0, 0.05) is 5.38 Å². The number of carbonyl (C=O) groups excluding carboxylic acids is 1. The van der Waals surface area contributed by atoms with Crippen LogP contribution in [0, 0.1) is 0 Å². The van der Waals surface area contributed by atoms with Gasteiger partial charge in [0.2, 0.25) is 0 Å². The molecule has 1 amide bonds. The summed E-state index contributed by atoms with van der Waals surface area (Å²) in [5.74, 6) is -0.0150. The van der Waals surface area contributed by atoms with Crippen LogP contribution in [0.4, 0.5) is 0 Å². The highest BCUT2D eigenvalue weighted by molar-refractivity contribution is 7.20. The zero-order valence-corrected chi connectivity index (χ0v) is 12.6. The minimum atomic E-state index is -0.497. The summed E-state index contributed by atoms with van der Waals surface area (Å²) in [7, 11) is 0. The standard InChI is InChI=1S/C15H12N2O2S2/c16-14(18)11-4-1-2-5-12(11)19-8-10-9-21-15(17-10)13-6-3-7-20-13/h1-7,9H,8H2,(H2,16,18). The zero-order valence-electron chi connectivity index (χ0n) is 11.0. The highest BCUT2D eigenvalue weighted by atomic mass is 32.1. The molecule has 4 nitrogen and oxygen atoms in total. The third kappa shape index (κ3) is 3.12. The Balaban J connectivity index is 1.73. The number of rotatable bonds is 5. The molecule has 2 aromatic heterocycles. The Morgan fingerprint density at radius 3 is 2.81 bits per heavy atom. The molecule has 0 saturated carbocycles. The van der Waals surface area contributed by atoms with Crippen LogP contribution in [0.3, 0.4) is 0 Å². The highest BCUT2D eigenvalue weighted by Gasteiger charge is 2.10. The van der Waals surface area contributed by atoms with Crippen LogP contribution >= 0.6 is 22.7 Å². The average molecular weight is 316 g/mol. The van der Waals surface area contributed by atoms with Gasteiger partial charge in [0.15, 0.2) is 0 Å². The van der Waals surface area contributed by atoms with Crippen molar-refractivity contribution < 1.29 is 9.53 Å². The lowest BCUT2D eigenvalue weighted by Crippen LogP contribution is -2.12. The van der Waals surface area contributed by atoms with Gasteiger partial charge in [-0.1, -0.05) is 18.2 Å². The van der Waals surface area contributed by atoms with Gasteiger partial charge < -0.3 is 10.5 Å². The number of hydrogen-bond acceptors (Lipinski definition) is 5. The quantitative estimate of drug-likeness (QED) is 0.783. The Hall–Kier alpha value is -2.18. The van der Waals surface area contributed by atoms with Gasteiger partial charge in [0.05, 0.1) is 16.1 Å². The predicted molar refractivity (Wildman–Crippen MR) is 84.7 cm³/mol. The van der Waals surface area contributed by atoms with Crippen molar-refractivity contribution in [2.24, 2.45) is 5.73 Å². The number of nitrogens with zero attached hydrogens (tertiary/aromatic N) is 1. The number of nitrogens with two attached hydrogens (primary N) is 1. The monoisotopic (exact) mass is 316 g/mol. The smallest absolute Gasteiger partial charge is 0.252 e. The van der Waals surface area contributed by atoms with Crippen LogP contribution in [0.5, 0.6) is 5.75 Å². The molecule has 21 heavy (non-hydrogen) atoms. The molecule has 1 aromatic carbocycles. The minimum absolute atomic E-state index is 0.312. The first-order chi connectivity index (χ1) is 10.2. The number of aromatic nitrogens is 1. The molecule has 0 saturated heterocycles. The Morgan fingerprint density at radius 1 is 1.19 bits per heavy atom. The van der Waals surface area contributed by atoms with Gasteiger partial charge in [-0.2, -0.15) is 0 Å². The molecule has 2 N–H and O–H groups in total. The lowest BCUT2D eigenvalue weighted by Gasteiger charge is -2.07. The summed E-state index contributed by atoms with van der Waals surface area (Å²) in [5.41, 5.74) is 6.54. The Labute approximate surface area is 129 Å². The summed E-state index contributed by atoms with van der Waals surface area (Å²) in [5, 5.41) is 4.96. The molecule has 6 heteroatoms. The van der Waals surface area contributed by atoms with Crippen molar-refractivity contribution in [3.8, 4) is 15.6 Å². The van der Waals surface area contributed by atoms with Gasteiger partial charge in [-0.25, -0.2) is 4.98 Å². The van der Waals surface area contributed by atoms with Crippen molar-refractivity contribution in [1.82, 2.24) is 4.98 Å². The van der Waals surface area contributed by atoms with Gasteiger partial charge in [0.1, 0.15) is 17.4 Å². The Kier molecular flexibility index (Phi) is 3.98. The van der Waals surface area contributed by atoms with Crippen LogP contribution in [0.25, 0.3) is 9.88 Å². The number of thiophene rings is 1. The molecule has 0 aliphatic heterocycles. The van der Waals surface area contributed by atoms with Crippen LogP contribution in [-0.2, 0) is 6.61 Å². The molecular weight excluding hydrogens is 304 g/mol. The molecule has 0 fully saturated rings. The van der Waals surface area contributed by atoms with Gasteiger partial charge >= 0.3 is 0 Å². The van der Waals surface area contributed by atoms with Crippen LogP contribution in [0.15, 0.2) is 47.2 Å². The molecular formula is C15H12N2O2S2. The topological polar surface area (TPSA) is 65.2 Å². The second-order valence-electron chi connectivity index (χ2n) is 4.27. The largest absolute Gasteiger partial charge is 0.486 e. The van der Waals surface area contributed by atoms with Crippen molar-refractivity contribution >= 4 is 28.6 Å². The number of hydrogen-bond donors (Lipinski definition) is 1. The van der Waals surface area contributed by atoms with E-state index in [0.717, 1.165) is 15.6 Å². The molecule has 0 radical (unpaired) electrons. The summed E-state index contributed by atoms with van der Waals surface area (Å²) < 4.78 is 5.66. The van der Waals surface area contributed by atoms with Crippen LogP contribution < -0.4 is 10.5 Å². The highest BCUT2D eigenvalue weighted by Crippen LogP contribution is 2.28. The van der Waals surface area contributed by atoms with Gasteiger partial charge in [-0.05, 0) is 23.6 Å². The van der Waals surface area contributed by atoms with Crippen molar-refractivity contribution in [2.75, 3.05) is 0 Å². The van der Waals surface area contributed by atoms with Crippen molar-refractivity contribution in [3.63, 3.8) is 0 Å². The third-order valence-electron chi connectivity index (χ3n) is 2.81. The van der Waals surface area contributed by atoms with Gasteiger partial charge in [-0.3, -0.25) is 4.79 Å². The Morgan fingerprint density at radius 2 is 2.05 bits per heavy atom. The summed E-state index contributed by atoms with van der Waals surface area (Å²) in [6.45, 7) is 0.312. The first-order valence-electron chi connectivity index (χ1n) is 6.24. The molecule has 3 aromatic rings. The fourth-order valence-corrected chi connectivity index (χ4v) is 3.45. The van der Waals surface area contributed by atoms with E-state index in [1.54, 1.807) is 46.9 Å². The lowest BCUT2D eigenvalue weighted by molar-refractivity contribution is 0.0996. The van der Waals surface area contributed by atoms with E-state index in [2.05, 4.69) is 4.98 Å². The van der Waals surface area contributed by atoms with E-state index in [-0.39, 0.29) is 0 Å². The number of carbonyl (C=O) groups is 1. The number of primary amides is 1. The molecule has 0 bridgehead atoms. The molecule has 0 aliphatic carbocycles. The Bertz CT molecular complexity index is 751. The first kappa shape index (κ1) is 13.8. The fourth-order valence-electron chi connectivity index (χ4n) is 1.83. The molecule has 2 heterocycles. The number of ether oxygens (including phenoxy) is 1. The SMILES string of the molecule is NC(=O)c1ccccc1OCc1csc(-c2cccs2)n1. The van der Waals surface area contributed by atoms with E-state index >= 15 is 0 Å². The summed E-state index contributed by atoms with van der Waals surface area (Å²) in [6.07, 6.45) is 0. The molecule has 0 aliphatic rings. The van der Waals surface area contributed by atoms with E-state index in [0.29, 0.717) is 17.9 Å². The van der Waals surface area contributed by atoms with Crippen molar-refractivity contribution in [3.05, 3.63) is 58.4 Å². The molecule has 3 rings (SSSR count). The van der Waals surface area contributed by atoms with Crippen LogP contribution in [0.1, 0.15) is 16.1 Å². The van der Waals surface area contributed by atoms with E-state index < -0.39 is 5.91 Å². The zero-order chi connectivity index (χ0) is 14.7. The molecule has 0 spiro atoms.